The molecule has 2 aromatic rings. The van der Waals surface area contributed by atoms with Crippen molar-refractivity contribution in [2.24, 2.45) is 5.73 Å². The molecule has 2 N–H and O–H groups in total. The Bertz CT molecular complexity index is 806. The Kier molecular flexibility index (Phi) is 7.14. The number of hydrogen-bond acceptors (Lipinski definition) is 4. The van der Waals surface area contributed by atoms with E-state index in [1.54, 1.807) is 11.0 Å². The van der Waals surface area contributed by atoms with Crippen LogP contribution < -0.4 is 5.73 Å². The molecule has 1 aromatic carbocycles. The third-order valence-corrected chi connectivity index (χ3v) is 4.42. The normalized spacial score (nSPS) is 15.0. The average molecular weight is 419 g/mol. The van der Waals surface area contributed by atoms with Crippen LogP contribution in [0, 0.1) is 0 Å². The van der Waals surface area contributed by atoms with Crippen molar-refractivity contribution in [1.82, 2.24) is 4.90 Å². The van der Waals surface area contributed by atoms with Crippen LogP contribution in [-0.2, 0) is 22.3 Å². The highest BCUT2D eigenvalue weighted by molar-refractivity contribution is 5.85. The SMILES string of the molecule is COCC(N)C(=O)N(Cc1ccc(-c2ccccc2C(F)(F)F)o1)C1CC1.Cl. The van der Waals surface area contributed by atoms with Crippen LogP contribution in [0.2, 0.25) is 0 Å². The summed E-state index contributed by atoms with van der Waals surface area (Å²) in [5.41, 5.74) is 5.05. The average Bonchev–Trinajstić information content (AvgIpc) is 3.36. The van der Waals surface area contributed by atoms with Crippen LogP contribution in [-0.4, -0.2) is 36.6 Å². The molecule has 1 fully saturated rings. The second-order valence-corrected chi connectivity index (χ2v) is 6.57. The highest BCUT2D eigenvalue weighted by Gasteiger charge is 2.36. The minimum atomic E-state index is -4.48. The molecule has 1 amide bonds. The largest absolute Gasteiger partial charge is 0.459 e. The van der Waals surface area contributed by atoms with Crippen LogP contribution in [0.1, 0.15) is 24.2 Å². The maximum atomic E-state index is 13.2. The molecule has 0 spiro atoms. The summed E-state index contributed by atoms with van der Waals surface area (Å²) in [5.74, 6) is 0.266. The monoisotopic (exact) mass is 418 g/mol. The molecule has 0 aliphatic heterocycles. The van der Waals surface area contributed by atoms with Crippen molar-refractivity contribution < 1.29 is 27.1 Å². The van der Waals surface area contributed by atoms with Crippen molar-refractivity contribution in [3.05, 3.63) is 47.7 Å². The summed E-state index contributed by atoms with van der Waals surface area (Å²) < 4.78 is 50.2. The summed E-state index contributed by atoms with van der Waals surface area (Å²) in [6.45, 7) is 0.263. The van der Waals surface area contributed by atoms with E-state index in [0.29, 0.717) is 5.76 Å². The van der Waals surface area contributed by atoms with E-state index in [-0.39, 0.29) is 48.8 Å². The summed E-state index contributed by atoms with van der Waals surface area (Å²) >= 11 is 0. The summed E-state index contributed by atoms with van der Waals surface area (Å²) in [6, 6.07) is 7.62. The van der Waals surface area contributed by atoms with Gasteiger partial charge in [-0.1, -0.05) is 18.2 Å². The van der Waals surface area contributed by atoms with Gasteiger partial charge in [-0.05, 0) is 31.0 Å². The lowest BCUT2D eigenvalue weighted by molar-refractivity contribution is -0.137. The lowest BCUT2D eigenvalue weighted by Gasteiger charge is -2.24. The topological polar surface area (TPSA) is 68.7 Å². The number of halogens is 4. The fraction of sp³-hybridized carbons (Fsp3) is 0.421. The molecule has 3 rings (SSSR count). The molecule has 0 saturated heterocycles. The standard InChI is InChI=1S/C19H21F3N2O3.ClH/c1-26-11-16(23)18(25)24(12-6-7-12)10-13-8-9-17(27-13)14-4-2-3-5-15(14)19(20,21)22;/h2-5,8-9,12,16H,6-7,10-11,23H2,1H3;1H. The number of carbonyl (C=O) groups is 1. The maximum Gasteiger partial charge on any atom is 0.417 e. The molecule has 1 aromatic heterocycles. The van der Waals surface area contributed by atoms with Crippen LogP contribution in [0.4, 0.5) is 13.2 Å². The van der Waals surface area contributed by atoms with Crippen LogP contribution in [0.25, 0.3) is 11.3 Å². The first-order valence-electron chi connectivity index (χ1n) is 8.61. The van der Waals surface area contributed by atoms with E-state index < -0.39 is 17.8 Å². The van der Waals surface area contributed by atoms with Gasteiger partial charge < -0.3 is 19.8 Å². The Hall–Kier alpha value is -2.03. The molecule has 0 bridgehead atoms. The molecular formula is C19H22ClF3N2O3. The lowest BCUT2D eigenvalue weighted by Crippen LogP contribution is -2.46. The number of rotatable bonds is 7. The number of alkyl halides is 3. The first-order valence-corrected chi connectivity index (χ1v) is 8.61. The second kappa shape index (κ2) is 8.98. The predicted molar refractivity (Wildman–Crippen MR) is 99.8 cm³/mol. The van der Waals surface area contributed by atoms with Crippen LogP contribution >= 0.6 is 12.4 Å². The molecule has 9 heteroatoms. The Labute approximate surface area is 167 Å². The highest BCUT2D eigenvalue weighted by atomic mass is 35.5. The van der Waals surface area contributed by atoms with Crippen molar-refractivity contribution in [3.8, 4) is 11.3 Å². The van der Waals surface area contributed by atoms with E-state index in [4.69, 9.17) is 14.9 Å². The zero-order valence-corrected chi connectivity index (χ0v) is 16.1. The Morgan fingerprint density at radius 3 is 2.57 bits per heavy atom. The van der Waals surface area contributed by atoms with E-state index in [1.165, 1.54) is 31.4 Å². The van der Waals surface area contributed by atoms with E-state index >= 15 is 0 Å². The van der Waals surface area contributed by atoms with E-state index in [1.807, 2.05) is 0 Å². The molecule has 28 heavy (non-hydrogen) atoms. The number of ether oxygens (including phenoxy) is 1. The van der Waals surface area contributed by atoms with Crippen LogP contribution in [0.5, 0.6) is 0 Å². The van der Waals surface area contributed by atoms with E-state index in [9.17, 15) is 18.0 Å². The molecule has 1 saturated carbocycles. The number of hydrogen-bond donors (Lipinski definition) is 1. The molecule has 1 aliphatic rings. The van der Waals surface area contributed by atoms with Crippen molar-refractivity contribution in [2.45, 2.75) is 37.6 Å². The van der Waals surface area contributed by atoms with Gasteiger partial charge in [0.15, 0.2) is 0 Å². The molecule has 1 unspecified atom stereocenters. The van der Waals surface area contributed by atoms with Gasteiger partial charge >= 0.3 is 6.18 Å². The minimum Gasteiger partial charge on any atom is -0.459 e. The number of benzene rings is 1. The molecule has 154 valence electrons. The smallest absolute Gasteiger partial charge is 0.417 e. The van der Waals surface area contributed by atoms with Crippen molar-refractivity contribution in [1.29, 1.82) is 0 Å². The Morgan fingerprint density at radius 2 is 1.96 bits per heavy atom. The molecule has 5 nitrogen and oxygen atoms in total. The zero-order valence-electron chi connectivity index (χ0n) is 15.2. The number of nitrogens with zero attached hydrogens (tertiary/aromatic N) is 1. The van der Waals surface area contributed by atoms with Gasteiger partial charge in [-0.15, -0.1) is 12.4 Å². The Balaban J connectivity index is 0.00000280. The van der Waals surface area contributed by atoms with Gasteiger partial charge in [0, 0.05) is 18.7 Å². The Morgan fingerprint density at radius 1 is 1.29 bits per heavy atom. The van der Waals surface area contributed by atoms with Gasteiger partial charge in [-0.2, -0.15) is 13.2 Å². The first-order chi connectivity index (χ1) is 12.8. The van der Waals surface area contributed by atoms with Crippen molar-refractivity contribution in [2.75, 3.05) is 13.7 Å². The quantitative estimate of drug-likeness (QED) is 0.741. The fourth-order valence-electron chi connectivity index (χ4n) is 2.96. The minimum absolute atomic E-state index is 0. The first kappa shape index (κ1) is 22.3. The van der Waals surface area contributed by atoms with Crippen LogP contribution in [0.15, 0.2) is 40.8 Å². The molecule has 0 radical (unpaired) electrons. The van der Waals surface area contributed by atoms with Crippen molar-refractivity contribution in [3.63, 3.8) is 0 Å². The number of carbonyl (C=O) groups excluding carboxylic acids is 1. The number of furan rings is 1. The summed E-state index contributed by atoms with van der Waals surface area (Å²) in [5, 5.41) is 0. The summed E-state index contributed by atoms with van der Waals surface area (Å²) in [7, 11) is 1.46. The third-order valence-electron chi connectivity index (χ3n) is 4.42. The summed E-state index contributed by atoms with van der Waals surface area (Å²) in [4.78, 5) is 14.1. The van der Waals surface area contributed by atoms with E-state index in [2.05, 4.69) is 0 Å². The zero-order chi connectivity index (χ0) is 19.6. The van der Waals surface area contributed by atoms with E-state index in [0.717, 1.165) is 18.9 Å². The van der Waals surface area contributed by atoms with Gasteiger partial charge in [0.25, 0.3) is 0 Å². The van der Waals surface area contributed by atoms with Gasteiger partial charge in [0.1, 0.15) is 17.6 Å². The lowest BCUT2D eigenvalue weighted by atomic mass is 10.1. The molecule has 1 heterocycles. The predicted octanol–water partition coefficient (Wildman–Crippen LogP) is 3.85. The maximum absolute atomic E-state index is 13.2. The van der Waals surface area contributed by atoms with Gasteiger partial charge in [0.05, 0.1) is 18.7 Å². The van der Waals surface area contributed by atoms with Gasteiger partial charge in [0.2, 0.25) is 5.91 Å². The fourth-order valence-corrected chi connectivity index (χ4v) is 2.96. The van der Waals surface area contributed by atoms with Gasteiger partial charge in [-0.25, -0.2) is 0 Å². The number of nitrogens with two attached hydrogens (primary N) is 1. The number of methoxy groups -OCH3 is 1. The van der Waals surface area contributed by atoms with Crippen LogP contribution in [0.3, 0.4) is 0 Å². The van der Waals surface area contributed by atoms with Crippen molar-refractivity contribution >= 4 is 18.3 Å². The summed E-state index contributed by atoms with van der Waals surface area (Å²) in [6.07, 6.45) is -2.74. The number of amides is 1. The highest BCUT2D eigenvalue weighted by Crippen LogP contribution is 2.38. The third kappa shape index (κ3) is 5.06. The van der Waals surface area contributed by atoms with Gasteiger partial charge in [-0.3, -0.25) is 4.79 Å². The second-order valence-electron chi connectivity index (χ2n) is 6.57. The molecular weight excluding hydrogens is 397 g/mol. The molecule has 1 atom stereocenters. The molecule has 1 aliphatic carbocycles.